The van der Waals surface area contributed by atoms with Crippen molar-refractivity contribution in [1.29, 1.82) is 0 Å². The first-order valence-corrected chi connectivity index (χ1v) is 8.00. The van der Waals surface area contributed by atoms with E-state index in [-0.39, 0.29) is 0 Å². The zero-order valence-electron chi connectivity index (χ0n) is 13.4. The van der Waals surface area contributed by atoms with Gasteiger partial charge in [0.1, 0.15) is 12.6 Å². The van der Waals surface area contributed by atoms with Crippen molar-refractivity contribution in [3.63, 3.8) is 0 Å². The SMILES string of the molecule is CC(OC(=O)Cn1c(=O)[nH]c2ccccc2c1=O)c1ccc(Cl)cc1. The van der Waals surface area contributed by atoms with Gasteiger partial charge in [0, 0.05) is 5.02 Å². The Hall–Kier alpha value is -2.86. The van der Waals surface area contributed by atoms with Crippen molar-refractivity contribution in [3.05, 3.63) is 80.0 Å². The van der Waals surface area contributed by atoms with Gasteiger partial charge in [-0.05, 0) is 36.8 Å². The van der Waals surface area contributed by atoms with E-state index in [2.05, 4.69) is 4.98 Å². The summed E-state index contributed by atoms with van der Waals surface area (Å²) in [6.45, 7) is 1.24. The zero-order valence-corrected chi connectivity index (χ0v) is 14.1. The van der Waals surface area contributed by atoms with Crippen LogP contribution < -0.4 is 11.2 Å². The molecule has 3 rings (SSSR count). The van der Waals surface area contributed by atoms with Crippen molar-refractivity contribution in [2.24, 2.45) is 0 Å². The van der Waals surface area contributed by atoms with Crippen LogP contribution in [0.3, 0.4) is 0 Å². The van der Waals surface area contributed by atoms with Gasteiger partial charge in [0.25, 0.3) is 5.56 Å². The first-order valence-electron chi connectivity index (χ1n) is 7.62. The van der Waals surface area contributed by atoms with Crippen LogP contribution in [0.15, 0.2) is 58.1 Å². The van der Waals surface area contributed by atoms with Crippen LogP contribution in [-0.4, -0.2) is 15.5 Å². The first kappa shape index (κ1) is 17.0. The smallest absolute Gasteiger partial charge is 0.329 e. The summed E-state index contributed by atoms with van der Waals surface area (Å²) in [4.78, 5) is 39.2. The second-order valence-electron chi connectivity index (χ2n) is 5.55. The topological polar surface area (TPSA) is 81.2 Å². The van der Waals surface area contributed by atoms with Gasteiger partial charge in [-0.1, -0.05) is 35.9 Å². The number of fused-ring (bicyclic) bond motifs is 1. The summed E-state index contributed by atoms with van der Waals surface area (Å²) < 4.78 is 6.14. The molecule has 0 aliphatic heterocycles. The molecular weight excluding hydrogens is 344 g/mol. The Morgan fingerprint density at radius 1 is 1.16 bits per heavy atom. The predicted octanol–water partition coefficient (Wildman–Crippen LogP) is 2.65. The lowest BCUT2D eigenvalue weighted by atomic mass is 10.1. The molecule has 1 aromatic heterocycles. The normalized spacial score (nSPS) is 12.1. The monoisotopic (exact) mass is 358 g/mol. The molecule has 7 heteroatoms. The van der Waals surface area contributed by atoms with Gasteiger partial charge in [-0.25, -0.2) is 9.36 Å². The number of hydrogen-bond acceptors (Lipinski definition) is 4. The summed E-state index contributed by atoms with van der Waals surface area (Å²) in [6, 6.07) is 13.5. The minimum Gasteiger partial charge on any atom is -0.456 e. The average molecular weight is 359 g/mol. The molecule has 0 radical (unpaired) electrons. The predicted molar refractivity (Wildman–Crippen MR) is 94.8 cm³/mol. The molecule has 128 valence electrons. The molecule has 1 heterocycles. The van der Waals surface area contributed by atoms with Crippen LogP contribution in [-0.2, 0) is 16.1 Å². The van der Waals surface area contributed by atoms with E-state index in [1.807, 2.05) is 0 Å². The van der Waals surface area contributed by atoms with Crippen LogP contribution in [0, 0.1) is 0 Å². The number of aromatic amines is 1. The molecule has 1 atom stereocenters. The molecule has 3 aromatic rings. The fourth-order valence-electron chi connectivity index (χ4n) is 2.51. The Bertz CT molecular complexity index is 1040. The number of esters is 1. The lowest BCUT2D eigenvalue weighted by molar-refractivity contribution is -0.149. The number of aromatic nitrogens is 2. The maximum atomic E-state index is 12.4. The number of halogens is 1. The number of benzene rings is 2. The van der Waals surface area contributed by atoms with Gasteiger partial charge in [0.15, 0.2) is 0 Å². The fourth-order valence-corrected chi connectivity index (χ4v) is 2.63. The molecule has 0 bridgehead atoms. The Kier molecular flexibility index (Phi) is 4.72. The van der Waals surface area contributed by atoms with E-state index < -0.39 is 29.9 Å². The standard InChI is InChI=1S/C18H15ClN2O4/c1-11(12-6-8-13(19)9-7-12)25-16(22)10-21-17(23)14-4-2-3-5-15(14)20-18(21)24/h2-9,11H,10H2,1H3,(H,20,24). The third-order valence-corrected chi connectivity index (χ3v) is 4.08. The Balaban J connectivity index is 1.81. The van der Waals surface area contributed by atoms with Crippen LogP contribution in [0.5, 0.6) is 0 Å². The first-order chi connectivity index (χ1) is 12.0. The van der Waals surface area contributed by atoms with Crippen molar-refractivity contribution in [3.8, 4) is 0 Å². The second-order valence-corrected chi connectivity index (χ2v) is 5.99. The summed E-state index contributed by atoms with van der Waals surface area (Å²) in [5.41, 5.74) is 0.00408. The molecule has 0 aliphatic rings. The van der Waals surface area contributed by atoms with Crippen LogP contribution in [0.1, 0.15) is 18.6 Å². The summed E-state index contributed by atoms with van der Waals surface area (Å²) in [7, 11) is 0. The van der Waals surface area contributed by atoms with Gasteiger partial charge < -0.3 is 9.72 Å². The molecule has 0 fully saturated rings. The number of nitrogens with zero attached hydrogens (tertiary/aromatic N) is 1. The highest BCUT2D eigenvalue weighted by molar-refractivity contribution is 6.30. The van der Waals surface area contributed by atoms with Crippen LogP contribution in [0.4, 0.5) is 0 Å². The molecular formula is C18H15ClN2O4. The van der Waals surface area contributed by atoms with Crippen LogP contribution >= 0.6 is 11.6 Å². The van der Waals surface area contributed by atoms with E-state index in [0.717, 1.165) is 10.1 Å². The van der Waals surface area contributed by atoms with Crippen molar-refractivity contribution < 1.29 is 9.53 Å². The van der Waals surface area contributed by atoms with Gasteiger partial charge in [-0.2, -0.15) is 0 Å². The van der Waals surface area contributed by atoms with Crippen LogP contribution in [0.2, 0.25) is 5.02 Å². The van der Waals surface area contributed by atoms with E-state index >= 15 is 0 Å². The van der Waals surface area contributed by atoms with Gasteiger partial charge in [0.05, 0.1) is 10.9 Å². The van der Waals surface area contributed by atoms with Crippen molar-refractivity contribution in [2.45, 2.75) is 19.6 Å². The van der Waals surface area contributed by atoms with Gasteiger partial charge in [-0.15, -0.1) is 0 Å². The summed E-state index contributed by atoms with van der Waals surface area (Å²) in [5.74, 6) is -0.676. The van der Waals surface area contributed by atoms with E-state index in [4.69, 9.17) is 16.3 Å². The lowest BCUT2D eigenvalue weighted by Gasteiger charge is -2.14. The van der Waals surface area contributed by atoms with E-state index in [1.54, 1.807) is 55.5 Å². The second kappa shape index (κ2) is 6.94. The Morgan fingerprint density at radius 2 is 1.84 bits per heavy atom. The number of hydrogen-bond donors (Lipinski definition) is 1. The lowest BCUT2D eigenvalue weighted by Crippen LogP contribution is -2.37. The molecule has 2 aromatic carbocycles. The largest absolute Gasteiger partial charge is 0.456 e. The Morgan fingerprint density at radius 3 is 2.56 bits per heavy atom. The third kappa shape index (κ3) is 3.64. The molecule has 25 heavy (non-hydrogen) atoms. The number of para-hydroxylation sites is 1. The fraction of sp³-hybridized carbons (Fsp3) is 0.167. The quantitative estimate of drug-likeness (QED) is 0.727. The van der Waals surface area contributed by atoms with Gasteiger partial charge in [0.2, 0.25) is 0 Å². The number of nitrogens with one attached hydrogen (secondary N) is 1. The van der Waals surface area contributed by atoms with Crippen LogP contribution in [0.25, 0.3) is 10.9 Å². The molecule has 0 saturated carbocycles. The highest BCUT2D eigenvalue weighted by Crippen LogP contribution is 2.19. The number of H-pyrrole nitrogens is 1. The summed E-state index contributed by atoms with van der Waals surface area (Å²) in [6.07, 6.45) is -0.528. The average Bonchev–Trinajstić information content (AvgIpc) is 2.59. The van der Waals surface area contributed by atoms with Crippen molar-refractivity contribution in [1.82, 2.24) is 9.55 Å². The van der Waals surface area contributed by atoms with E-state index in [1.165, 1.54) is 0 Å². The van der Waals surface area contributed by atoms with Gasteiger partial charge >= 0.3 is 11.7 Å². The summed E-state index contributed by atoms with van der Waals surface area (Å²) in [5, 5.41) is 0.914. The van der Waals surface area contributed by atoms with Crippen molar-refractivity contribution >= 4 is 28.5 Å². The molecule has 6 nitrogen and oxygen atoms in total. The number of rotatable bonds is 4. The Labute approximate surface area is 147 Å². The number of carbonyl (C=O) groups excluding carboxylic acids is 1. The molecule has 0 amide bonds. The van der Waals surface area contributed by atoms with E-state index in [9.17, 15) is 14.4 Å². The molecule has 0 aliphatic carbocycles. The maximum Gasteiger partial charge on any atom is 0.329 e. The van der Waals surface area contributed by atoms with E-state index in [0.29, 0.717) is 15.9 Å². The number of ether oxygens (including phenoxy) is 1. The van der Waals surface area contributed by atoms with Crippen molar-refractivity contribution in [2.75, 3.05) is 0 Å². The molecule has 0 spiro atoms. The minimum atomic E-state index is -0.676. The maximum absolute atomic E-state index is 12.4. The minimum absolute atomic E-state index is 0.334. The molecule has 1 N–H and O–H groups in total. The highest BCUT2D eigenvalue weighted by atomic mass is 35.5. The summed E-state index contributed by atoms with van der Waals surface area (Å²) >= 11 is 5.83. The highest BCUT2D eigenvalue weighted by Gasteiger charge is 2.15. The molecule has 1 unspecified atom stereocenters. The zero-order chi connectivity index (χ0) is 18.0. The third-order valence-electron chi connectivity index (χ3n) is 3.82. The van der Waals surface area contributed by atoms with Gasteiger partial charge in [-0.3, -0.25) is 9.59 Å². The molecule has 0 saturated heterocycles. The number of carbonyl (C=O) groups is 1.